The van der Waals surface area contributed by atoms with Gasteiger partial charge < -0.3 is 10.6 Å². The van der Waals surface area contributed by atoms with Crippen molar-refractivity contribution in [3.63, 3.8) is 0 Å². The fourth-order valence-corrected chi connectivity index (χ4v) is 2.17. The molecule has 0 aromatic heterocycles. The highest BCUT2D eigenvalue weighted by molar-refractivity contribution is 5.87. The third kappa shape index (κ3) is 3.22. The summed E-state index contributed by atoms with van der Waals surface area (Å²) in [6.45, 7) is 6.80. The lowest BCUT2D eigenvalue weighted by Crippen LogP contribution is -2.51. The van der Waals surface area contributed by atoms with E-state index >= 15 is 0 Å². The van der Waals surface area contributed by atoms with Crippen molar-refractivity contribution in [3.8, 4) is 0 Å². The van der Waals surface area contributed by atoms with Crippen LogP contribution in [0.1, 0.15) is 40.0 Å². The molecule has 2 N–H and O–H groups in total. The first-order valence-electron chi connectivity index (χ1n) is 6.00. The minimum absolute atomic E-state index is 0.0724. The molecule has 1 heterocycles. The Labute approximate surface area is 97.2 Å². The Morgan fingerprint density at radius 3 is 2.62 bits per heavy atom. The molecule has 1 saturated heterocycles. The maximum absolute atomic E-state index is 11.9. The maximum Gasteiger partial charge on any atom is 0.240 e. The van der Waals surface area contributed by atoms with Gasteiger partial charge in [0.1, 0.15) is 6.04 Å². The van der Waals surface area contributed by atoms with Crippen LogP contribution in [0.3, 0.4) is 0 Å². The number of rotatable bonds is 4. The van der Waals surface area contributed by atoms with Crippen molar-refractivity contribution in [1.29, 1.82) is 0 Å². The molecule has 2 unspecified atom stereocenters. The first kappa shape index (κ1) is 13.0. The Balaban J connectivity index is 2.71. The molecule has 0 saturated carbocycles. The van der Waals surface area contributed by atoms with Gasteiger partial charge in [-0.2, -0.15) is 0 Å². The summed E-state index contributed by atoms with van der Waals surface area (Å²) in [5.41, 5.74) is 5.38. The summed E-state index contributed by atoms with van der Waals surface area (Å²) in [7, 11) is 0. The molecular weight excluding hydrogens is 204 g/mol. The molecule has 2 amide bonds. The normalized spacial score (nSPS) is 23.6. The van der Waals surface area contributed by atoms with Gasteiger partial charge in [0.05, 0.1) is 0 Å². The standard InChI is InChI=1S/C12H22N2O2/c1-8(2)6-10(12(13)16)14-5-4-9(3)7-11(14)15/h8-10H,4-7H2,1-3H3,(H2,13,16). The fraction of sp³-hybridized carbons (Fsp3) is 0.833. The van der Waals surface area contributed by atoms with Crippen LogP contribution in [0, 0.1) is 11.8 Å². The summed E-state index contributed by atoms with van der Waals surface area (Å²) in [4.78, 5) is 24.9. The third-order valence-corrected chi connectivity index (χ3v) is 3.11. The van der Waals surface area contributed by atoms with Gasteiger partial charge in [0.25, 0.3) is 0 Å². The average Bonchev–Trinajstić information content (AvgIpc) is 2.14. The predicted molar refractivity (Wildman–Crippen MR) is 62.5 cm³/mol. The summed E-state index contributed by atoms with van der Waals surface area (Å²) in [5, 5.41) is 0. The van der Waals surface area contributed by atoms with Gasteiger partial charge in [-0.15, -0.1) is 0 Å². The molecular formula is C12H22N2O2. The SMILES string of the molecule is CC(C)CC(C(N)=O)N1CCC(C)CC1=O. The number of piperidine rings is 1. The van der Waals surface area contributed by atoms with Crippen molar-refractivity contribution in [2.24, 2.45) is 17.6 Å². The number of amides is 2. The van der Waals surface area contributed by atoms with Crippen LogP contribution in [0.2, 0.25) is 0 Å². The monoisotopic (exact) mass is 226 g/mol. The molecule has 4 nitrogen and oxygen atoms in total. The number of nitrogens with two attached hydrogens (primary N) is 1. The Bertz CT molecular complexity index is 276. The molecule has 0 bridgehead atoms. The number of hydrogen-bond acceptors (Lipinski definition) is 2. The Hall–Kier alpha value is -1.06. The minimum Gasteiger partial charge on any atom is -0.368 e. The molecule has 1 aliphatic rings. The second-order valence-electron chi connectivity index (χ2n) is 5.23. The van der Waals surface area contributed by atoms with Crippen molar-refractivity contribution >= 4 is 11.8 Å². The average molecular weight is 226 g/mol. The summed E-state index contributed by atoms with van der Waals surface area (Å²) < 4.78 is 0. The molecule has 16 heavy (non-hydrogen) atoms. The van der Waals surface area contributed by atoms with Gasteiger partial charge in [-0.3, -0.25) is 9.59 Å². The number of carbonyl (C=O) groups is 2. The molecule has 2 atom stereocenters. The van der Waals surface area contributed by atoms with Crippen LogP contribution in [-0.2, 0) is 9.59 Å². The van der Waals surface area contributed by atoms with E-state index in [2.05, 4.69) is 6.92 Å². The lowest BCUT2D eigenvalue weighted by Gasteiger charge is -2.35. The Morgan fingerprint density at radius 1 is 1.56 bits per heavy atom. The van der Waals surface area contributed by atoms with E-state index in [1.807, 2.05) is 13.8 Å². The Kier molecular flexibility index (Phi) is 4.33. The third-order valence-electron chi connectivity index (χ3n) is 3.11. The Morgan fingerprint density at radius 2 is 2.19 bits per heavy atom. The number of carbonyl (C=O) groups excluding carboxylic acids is 2. The molecule has 92 valence electrons. The molecule has 0 aliphatic carbocycles. The second-order valence-corrected chi connectivity index (χ2v) is 5.23. The lowest BCUT2D eigenvalue weighted by atomic mass is 9.94. The highest BCUT2D eigenvalue weighted by Crippen LogP contribution is 2.22. The van der Waals surface area contributed by atoms with E-state index in [9.17, 15) is 9.59 Å². The summed E-state index contributed by atoms with van der Waals surface area (Å²) in [6, 6.07) is -0.417. The van der Waals surface area contributed by atoms with Crippen molar-refractivity contribution < 1.29 is 9.59 Å². The van der Waals surface area contributed by atoms with E-state index < -0.39 is 6.04 Å². The maximum atomic E-state index is 11.9. The molecule has 0 aromatic rings. The van der Waals surface area contributed by atoms with Crippen molar-refractivity contribution in [1.82, 2.24) is 4.90 Å². The highest BCUT2D eigenvalue weighted by atomic mass is 16.2. The summed E-state index contributed by atoms with van der Waals surface area (Å²) in [6.07, 6.45) is 2.17. The molecule has 0 spiro atoms. The van der Waals surface area contributed by atoms with Crippen LogP contribution in [0.5, 0.6) is 0 Å². The number of nitrogens with zero attached hydrogens (tertiary/aromatic N) is 1. The van der Waals surface area contributed by atoms with Gasteiger partial charge in [-0.1, -0.05) is 20.8 Å². The highest BCUT2D eigenvalue weighted by Gasteiger charge is 2.32. The van der Waals surface area contributed by atoms with Crippen LogP contribution in [0.25, 0.3) is 0 Å². The lowest BCUT2D eigenvalue weighted by molar-refractivity contribution is -0.143. The zero-order valence-corrected chi connectivity index (χ0v) is 10.4. The number of hydrogen-bond donors (Lipinski definition) is 1. The smallest absolute Gasteiger partial charge is 0.240 e. The zero-order valence-electron chi connectivity index (χ0n) is 10.4. The summed E-state index contributed by atoms with van der Waals surface area (Å²) in [5.74, 6) is 0.487. The van der Waals surface area contributed by atoms with E-state index in [0.717, 1.165) is 6.42 Å². The van der Waals surface area contributed by atoms with Crippen LogP contribution >= 0.6 is 0 Å². The minimum atomic E-state index is -0.417. The molecule has 0 radical (unpaired) electrons. The molecule has 0 aromatic carbocycles. The van der Waals surface area contributed by atoms with E-state index in [1.54, 1.807) is 4.90 Å². The predicted octanol–water partition coefficient (Wildman–Crippen LogP) is 1.14. The van der Waals surface area contributed by atoms with E-state index in [1.165, 1.54) is 0 Å². The second kappa shape index (κ2) is 5.32. The van der Waals surface area contributed by atoms with Crippen LogP contribution in [-0.4, -0.2) is 29.3 Å². The quantitative estimate of drug-likeness (QED) is 0.781. The van der Waals surface area contributed by atoms with E-state index in [4.69, 9.17) is 5.73 Å². The molecule has 1 rings (SSSR count). The first-order chi connectivity index (χ1) is 7.41. The van der Waals surface area contributed by atoms with Crippen molar-refractivity contribution in [3.05, 3.63) is 0 Å². The van der Waals surface area contributed by atoms with Gasteiger partial charge in [-0.25, -0.2) is 0 Å². The van der Waals surface area contributed by atoms with Crippen LogP contribution in [0.4, 0.5) is 0 Å². The summed E-state index contributed by atoms with van der Waals surface area (Å²) >= 11 is 0. The molecule has 1 aliphatic heterocycles. The van der Waals surface area contributed by atoms with Gasteiger partial charge in [0.2, 0.25) is 11.8 Å². The number of primary amides is 1. The van der Waals surface area contributed by atoms with Crippen molar-refractivity contribution in [2.75, 3.05) is 6.54 Å². The van der Waals surface area contributed by atoms with Crippen molar-refractivity contribution in [2.45, 2.75) is 46.1 Å². The van der Waals surface area contributed by atoms with Crippen LogP contribution in [0.15, 0.2) is 0 Å². The van der Waals surface area contributed by atoms with Gasteiger partial charge in [0, 0.05) is 13.0 Å². The molecule has 1 fully saturated rings. The van der Waals surface area contributed by atoms with Gasteiger partial charge in [0.15, 0.2) is 0 Å². The van der Waals surface area contributed by atoms with Crippen LogP contribution < -0.4 is 5.73 Å². The van der Waals surface area contributed by atoms with Gasteiger partial charge >= 0.3 is 0 Å². The van der Waals surface area contributed by atoms with E-state index in [0.29, 0.717) is 31.2 Å². The first-order valence-corrected chi connectivity index (χ1v) is 6.00. The topological polar surface area (TPSA) is 63.4 Å². The van der Waals surface area contributed by atoms with Gasteiger partial charge in [-0.05, 0) is 24.7 Å². The van der Waals surface area contributed by atoms with E-state index in [-0.39, 0.29) is 11.8 Å². The molecule has 4 heteroatoms. The largest absolute Gasteiger partial charge is 0.368 e. The number of likely N-dealkylation sites (tertiary alicyclic amines) is 1. The fourth-order valence-electron chi connectivity index (χ4n) is 2.17. The zero-order chi connectivity index (χ0) is 12.3.